The van der Waals surface area contributed by atoms with Crippen LogP contribution in [0.1, 0.15) is 56.1 Å². The lowest BCUT2D eigenvalue weighted by Gasteiger charge is -2.40. The van der Waals surface area contributed by atoms with Crippen LogP contribution in [0, 0.1) is 5.92 Å². The third kappa shape index (κ3) is 4.29. The van der Waals surface area contributed by atoms with Gasteiger partial charge in [-0.1, -0.05) is 18.9 Å². The van der Waals surface area contributed by atoms with Crippen LogP contribution in [-0.4, -0.2) is 73.7 Å². The van der Waals surface area contributed by atoms with Crippen molar-refractivity contribution in [3.05, 3.63) is 29.3 Å². The Labute approximate surface area is 186 Å². The molecule has 2 aliphatic carbocycles. The Hall–Kier alpha value is -1.44. The summed E-state index contributed by atoms with van der Waals surface area (Å²) in [6, 6.07) is 6.35. The minimum Gasteiger partial charge on any atom is -0.340 e. The third-order valence-electron chi connectivity index (χ3n) is 7.98. The zero-order chi connectivity index (χ0) is 21.4. The molecule has 0 aromatic heterocycles. The van der Waals surface area contributed by atoms with Gasteiger partial charge in [0.05, 0.1) is 4.90 Å². The lowest BCUT2D eigenvalue weighted by molar-refractivity contribution is -0.138. The van der Waals surface area contributed by atoms with Crippen molar-refractivity contribution in [3.63, 3.8) is 0 Å². The lowest BCUT2D eigenvalue weighted by Crippen LogP contribution is -2.53. The van der Waals surface area contributed by atoms with Crippen molar-refractivity contribution in [1.82, 2.24) is 14.1 Å². The highest BCUT2D eigenvalue weighted by Crippen LogP contribution is 2.30. The summed E-state index contributed by atoms with van der Waals surface area (Å²) in [5, 5.41) is 0. The fourth-order valence-electron chi connectivity index (χ4n) is 6.04. The molecule has 1 amide bonds. The van der Waals surface area contributed by atoms with E-state index in [9.17, 15) is 13.2 Å². The molecule has 0 N–H and O–H groups in total. The van der Waals surface area contributed by atoms with Crippen LogP contribution in [0.5, 0.6) is 0 Å². The second-order valence-corrected chi connectivity index (χ2v) is 11.7. The minimum atomic E-state index is -3.47. The molecule has 5 rings (SSSR count). The van der Waals surface area contributed by atoms with Gasteiger partial charge in [0.15, 0.2) is 0 Å². The average Bonchev–Trinajstić information content (AvgIpc) is 3.50. The number of rotatable bonds is 4. The van der Waals surface area contributed by atoms with Crippen molar-refractivity contribution in [2.75, 3.05) is 39.3 Å². The molecule has 1 aromatic carbocycles. The van der Waals surface area contributed by atoms with E-state index >= 15 is 0 Å². The van der Waals surface area contributed by atoms with E-state index in [4.69, 9.17) is 0 Å². The van der Waals surface area contributed by atoms with E-state index in [2.05, 4.69) is 4.90 Å². The van der Waals surface area contributed by atoms with Crippen molar-refractivity contribution in [3.8, 4) is 0 Å². The van der Waals surface area contributed by atoms with Crippen molar-refractivity contribution in [1.29, 1.82) is 0 Å². The van der Waals surface area contributed by atoms with Gasteiger partial charge in [-0.2, -0.15) is 4.31 Å². The minimum absolute atomic E-state index is 0.0375. The van der Waals surface area contributed by atoms with Gasteiger partial charge in [0.2, 0.25) is 15.9 Å². The van der Waals surface area contributed by atoms with Crippen LogP contribution >= 0.6 is 0 Å². The van der Waals surface area contributed by atoms with Crippen LogP contribution in [-0.2, 0) is 27.7 Å². The van der Waals surface area contributed by atoms with Crippen LogP contribution in [0.2, 0.25) is 0 Å². The molecule has 0 unspecified atom stereocenters. The van der Waals surface area contributed by atoms with Gasteiger partial charge >= 0.3 is 0 Å². The number of amides is 1. The maximum Gasteiger partial charge on any atom is 0.243 e. The van der Waals surface area contributed by atoms with Gasteiger partial charge in [-0.15, -0.1) is 0 Å². The maximum absolute atomic E-state index is 13.2. The summed E-state index contributed by atoms with van der Waals surface area (Å²) >= 11 is 0. The highest BCUT2D eigenvalue weighted by Gasteiger charge is 2.35. The molecular weight excluding hydrogens is 410 g/mol. The topological polar surface area (TPSA) is 60.9 Å². The number of fused-ring (bicyclic) bond motifs is 1. The Morgan fingerprint density at radius 3 is 2.19 bits per heavy atom. The summed E-state index contributed by atoms with van der Waals surface area (Å²) in [6.45, 7) is 4.51. The van der Waals surface area contributed by atoms with Gasteiger partial charge in [0, 0.05) is 51.2 Å². The van der Waals surface area contributed by atoms with Crippen LogP contribution in [0.3, 0.4) is 0 Å². The van der Waals surface area contributed by atoms with Crippen molar-refractivity contribution in [2.45, 2.75) is 68.7 Å². The predicted molar refractivity (Wildman–Crippen MR) is 120 cm³/mol. The standard InChI is InChI=1S/C24H35N3O3S/c28-24(26-16-14-25(15-17-26)22-6-1-2-7-22)20-10-12-27(13-11-20)31(29,30)23-9-8-19-4-3-5-21(19)18-23/h8-9,18,20,22H,1-7,10-17H2. The predicted octanol–water partition coefficient (Wildman–Crippen LogP) is 2.66. The molecule has 2 saturated heterocycles. The van der Waals surface area contributed by atoms with E-state index < -0.39 is 10.0 Å². The van der Waals surface area contributed by atoms with Crippen molar-refractivity contribution < 1.29 is 13.2 Å². The molecule has 7 heteroatoms. The Bertz CT molecular complexity index is 910. The number of aryl methyl sites for hydroxylation is 2. The second kappa shape index (κ2) is 8.83. The first kappa shape index (κ1) is 21.4. The molecule has 6 nitrogen and oxygen atoms in total. The number of sulfonamides is 1. The summed E-state index contributed by atoms with van der Waals surface area (Å²) in [5.74, 6) is 0.199. The molecular formula is C24H35N3O3S. The Morgan fingerprint density at radius 1 is 0.806 bits per heavy atom. The Kier molecular flexibility index (Phi) is 6.10. The van der Waals surface area contributed by atoms with Gasteiger partial charge in [0.25, 0.3) is 0 Å². The number of carbonyl (C=O) groups is 1. The first-order valence-corrected chi connectivity index (χ1v) is 13.6. The van der Waals surface area contributed by atoms with Gasteiger partial charge in [0.1, 0.15) is 0 Å². The van der Waals surface area contributed by atoms with Crippen LogP contribution < -0.4 is 0 Å². The SMILES string of the molecule is O=C(C1CCN(S(=O)(=O)c2ccc3c(c2)CCC3)CC1)N1CCN(C2CCCC2)CC1. The molecule has 0 radical (unpaired) electrons. The number of piperidine rings is 1. The highest BCUT2D eigenvalue weighted by atomic mass is 32.2. The molecule has 2 heterocycles. The monoisotopic (exact) mass is 445 g/mol. The first-order chi connectivity index (χ1) is 15.0. The van der Waals surface area contributed by atoms with E-state index in [1.165, 1.54) is 36.8 Å². The van der Waals surface area contributed by atoms with Gasteiger partial charge in [-0.3, -0.25) is 9.69 Å². The van der Waals surface area contributed by atoms with Crippen molar-refractivity contribution in [2.24, 2.45) is 5.92 Å². The number of hydrogen-bond acceptors (Lipinski definition) is 4. The molecule has 1 saturated carbocycles. The molecule has 0 spiro atoms. The number of nitrogens with zero attached hydrogens (tertiary/aromatic N) is 3. The normalized spacial score (nSPS) is 24.6. The summed E-state index contributed by atoms with van der Waals surface area (Å²) in [7, 11) is -3.47. The van der Waals surface area contributed by atoms with E-state index in [1.807, 2.05) is 17.0 Å². The number of hydrogen-bond donors (Lipinski definition) is 0. The average molecular weight is 446 g/mol. The summed E-state index contributed by atoms with van der Waals surface area (Å²) in [5.41, 5.74) is 2.47. The van der Waals surface area contributed by atoms with Gasteiger partial charge < -0.3 is 4.90 Å². The molecule has 31 heavy (non-hydrogen) atoms. The molecule has 0 bridgehead atoms. The van der Waals surface area contributed by atoms with Gasteiger partial charge in [-0.05, 0) is 68.2 Å². The number of benzene rings is 1. The fraction of sp³-hybridized carbons (Fsp3) is 0.708. The maximum atomic E-state index is 13.2. The third-order valence-corrected chi connectivity index (χ3v) is 9.87. The summed E-state index contributed by atoms with van der Waals surface area (Å²) in [6.07, 6.45) is 9.71. The lowest BCUT2D eigenvalue weighted by atomic mass is 9.96. The quantitative estimate of drug-likeness (QED) is 0.715. The highest BCUT2D eigenvalue weighted by molar-refractivity contribution is 7.89. The largest absolute Gasteiger partial charge is 0.340 e. The Morgan fingerprint density at radius 2 is 1.48 bits per heavy atom. The molecule has 2 aliphatic heterocycles. The van der Waals surface area contributed by atoms with Crippen molar-refractivity contribution >= 4 is 15.9 Å². The van der Waals surface area contributed by atoms with E-state index in [-0.39, 0.29) is 11.8 Å². The summed E-state index contributed by atoms with van der Waals surface area (Å²) in [4.78, 5) is 18.1. The molecule has 1 aromatic rings. The van der Waals surface area contributed by atoms with Crippen LogP contribution in [0.15, 0.2) is 23.1 Å². The second-order valence-electron chi connectivity index (χ2n) is 9.76. The molecule has 3 fully saturated rings. The van der Waals surface area contributed by atoms with E-state index in [0.29, 0.717) is 30.8 Å². The van der Waals surface area contributed by atoms with E-state index in [1.54, 1.807) is 10.4 Å². The van der Waals surface area contributed by atoms with E-state index in [0.717, 1.165) is 51.5 Å². The molecule has 170 valence electrons. The van der Waals surface area contributed by atoms with Crippen LogP contribution in [0.4, 0.5) is 0 Å². The van der Waals surface area contributed by atoms with Crippen LogP contribution in [0.25, 0.3) is 0 Å². The first-order valence-electron chi connectivity index (χ1n) is 12.2. The fourth-order valence-corrected chi connectivity index (χ4v) is 7.56. The number of piperazine rings is 1. The number of carbonyl (C=O) groups excluding carboxylic acids is 1. The summed E-state index contributed by atoms with van der Waals surface area (Å²) < 4.78 is 27.9. The zero-order valence-corrected chi connectivity index (χ0v) is 19.3. The smallest absolute Gasteiger partial charge is 0.243 e. The van der Waals surface area contributed by atoms with Gasteiger partial charge in [-0.25, -0.2) is 8.42 Å². The zero-order valence-electron chi connectivity index (χ0n) is 18.5. The molecule has 0 atom stereocenters. The Balaban J connectivity index is 1.15. The molecule has 4 aliphatic rings.